The van der Waals surface area contributed by atoms with Crippen LogP contribution in [0.4, 0.5) is 5.69 Å². The molecule has 0 bridgehead atoms. The van der Waals surface area contributed by atoms with E-state index in [1.54, 1.807) is 18.0 Å². The molecule has 24 heavy (non-hydrogen) atoms. The van der Waals surface area contributed by atoms with E-state index in [-0.39, 0.29) is 5.91 Å². The third-order valence-corrected chi connectivity index (χ3v) is 5.39. The van der Waals surface area contributed by atoms with Crippen molar-refractivity contribution in [2.45, 2.75) is 17.7 Å². The van der Waals surface area contributed by atoms with E-state index in [9.17, 15) is 4.79 Å². The number of hydrogen-bond acceptors (Lipinski definition) is 3. The number of thioether (sulfide) groups is 1. The summed E-state index contributed by atoms with van der Waals surface area (Å²) in [7, 11) is 0. The average molecular weight is 334 g/mol. The second kappa shape index (κ2) is 6.65. The standard InChI is InChI=1S/C20H18N2OS/c23-19(22-13-5-9-15-6-1-2-10-17(15)22)14-24-18-11-3-7-16-8-4-12-21-20(16)18/h1-4,6-8,10-12H,5,9,13-14H2. The van der Waals surface area contributed by atoms with Crippen LogP contribution in [0.5, 0.6) is 0 Å². The molecule has 1 amide bonds. The van der Waals surface area contributed by atoms with Gasteiger partial charge in [0.15, 0.2) is 0 Å². The van der Waals surface area contributed by atoms with Gasteiger partial charge in [0.2, 0.25) is 5.91 Å². The van der Waals surface area contributed by atoms with Crippen LogP contribution < -0.4 is 4.90 Å². The highest BCUT2D eigenvalue weighted by Crippen LogP contribution is 2.30. The molecule has 0 radical (unpaired) electrons. The van der Waals surface area contributed by atoms with Crippen LogP contribution in [0.15, 0.2) is 65.7 Å². The van der Waals surface area contributed by atoms with Gasteiger partial charge in [-0.2, -0.15) is 0 Å². The summed E-state index contributed by atoms with van der Waals surface area (Å²) in [5.74, 6) is 0.601. The molecule has 0 aliphatic carbocycles. The highest BCUT2D eigenvalue weighted by Gasteiger charge is 2.22. The Bertz CT molecular complexity index is 888. The molecule has 1 aliphatic rings. The summed E-state index contributed by atoms with van der Waals surface area (Å²) in [5.41, 5.74) is 3.32. The Morgan fingerprint density at radius 2 is 1.96 bits per heavy atom. The molecule has 4 heteroatoms. The lowest BCUT2D eigenvalue weighted by Crippen LogP contribution is -2.36. The minimum atomic E-state index is 0.167. The Labute approximate surface area is 145 Å². The van der Waals surface area contributed by atoms with Crippen LogP contribution >= 0.6 is 11.8 Å². The number of fused-ring (bicyclic) bond motifs is 2. The maximum absolute atomic E-state index is 12.8. The maximum Gasteiger partial charge on any atom is 0.237 e. The average Bonchev–Trinajstić information content (AvgIpc) is 2.65. The number of para-hydroxylation sites is 2. The topological polar surface area (TPSA) is 33.2 Å². The Hall–Kier alpha value is -2.33. The number of nitrogens with zero attached hydrogens (tertiary/aromatic N) is 2. The lowest BCUT2D eigenvalue weighted by atomic mass is 10.0. The van der Waals surface area contributed by atoms with Crippen molar-refractivity contribution in [1.29, 1.82) is 0 Å². The summed E-state index contributed by atoms with van der Waals surface area (Å²) < 4.78 is 0. The van der Waals surface area contributed by atoms with Crippen molar-refractivity contribution in [3.63, 3.8) is 0 Å². The number of aryl methyl sites for hydroxylation is 1. The first-order chi connectivity index (χ1) is 11.8. The monoisotopic (exact) mass is 334 g/mol. The van der Waals surface area contributed by atoms with Crippen molar-refractivity contribution in [1.82, 2.24) is 4.98 Å². The zero-order chi connectivity index (χ0) is 16.4. The lowest BCUT2D eigenvalue weighted by Gasteiger charge is -2.29. The van der Waals surface area contributed by atoms with Crippen molar-refractivity contribution in [3.05, 3.63) is 66.4 Å². The normalized spacial score (nSPS) is 13.8. The molecule has 0 N–H and O–H groups in total. The van der Waals surface area contributed by atoms with Crippen molar-refractivity contribution in [2.24, 2.45) is 0 Å². The maximum atomic E-state index is 12.8. The summed E-state index contributed by atoms with van der Waals surface area (Å²) in [6, 6.07) is 18.3. The van der Waals surface area contributed by atoms with Gasteiger partial charge < -0.3 is 4.90 Å². The fraction of sp³-hybridized carbons (Fsp3) is 0.200. The minimum Gasteiger partial charge on any atom is -0.311 e. The minimum absolute atomic E-state index is 0.167. The molecule has 0 saturated carbocycles. The van der Waals surface area contributed by atoms with E-state index in [2.05, 4.69) is 29.2 Å². The summed E-state index contributed by atoms with van der Waals surface area (Å²) in [4.78, 5) is 20.2. The fourth-order valence-corrected chi connectivity index (χ4v) is 4.12. The van der Waals surface area contributed by atoms with Gasteiger partial charge in [-0.15, -0.1) is 11.8 Å². The van der Waals surface area contributed by atoms with Crippen LogP contribution in [0.3, 0.4) is 0 Å². The first-order valence-corrected chi connectivity index (χ1v) is 9.16. The Balaban J connectivity index is 1.53. The molecule has 1 aliphatic heterocycles. The molecule has 0 unspecified atom stereocenters. The second-order valence-corrected chi connectivity index (χ2v) is 6.91. The van der Waals surface area contributed by atoms with Gasteiger partial charge in [-0.25, -0.2) is 0 Å². The molecule has 4 rings (SSSR count). The van der Waals surface area contributed by atoms with E-state index in [0.29, 0.717) is 5.75 Å². The van der Waals surface area contributed by atoms with Gasteiger partial charge >= 0.3 is 0 Å². The highest BCUT2D eigenvalue weighted by atomic mass is 32.2. The lowest BCUT2D eigenvalue weighted by molar-refractivity contribution is -0.116. The quantitative estimate of drug-likeness (QED) is 0.669. The van der Waals surface area contributed by atoms with Gasteiger partial charge in [0.25, 0.3) is 0 Å². The van der Waals surface area contributed by atoms with Gasteiger partial charge in [0.1, 0.15) is 0 Å². The predicted octanol–water partition coefficient (Wildman–Crippen LogP) is 4.31. The Kier molecular flexibility index (Phi) is 4.22. The number of carbonyl (C=O) groups is 1. The van der Waals surface area contributed by atoms with Gasteiger partial charge in [-0.05, 0) is 36.6 Å². The zero-order valence-corrected chi connectivity index (χ0v) is 14.1. The SMILES string of the molecule is O=C(CSc1cccc2cccnc12)N1CCCc2ccccc21. The first kappa shape index (κ1) is 15.2. The van der Waals surface area contributed by atoms with Crippen LogP contribution in [-0.2, 0) is 11.2 Å². The molecule has 3 nitrogen and oxygen atoms in total. The summed E-state index contributed by atoms with van der Waals surface area (Å²) in [6.07, 6.45) is 3.89. The zero-order valence-electron chi connectivity index (χ0n) is 13.3. The van der Waals surface area contributed by atoms with E-state index in [1.165, 1.54) is 5.56 Å². The molecular formula is C20H18N2OS. The molecule has 2 heterocycles. The Morgan fingerprint density at radius 3 is 2.92 bits per heavy atom. The fourth-order valence-electron chi connectivity index (χ4n) is 3.20. The number of aromatic nitrogens is 1. The van der Waals surface area contributed by atoms with Crippen LogP contribution in [0, 0.1) is 0 Å². The van der Waals surface area contributed by atoms with Gasteiger partial charge in [0, 0.05) is 28.7 Å². The first-order valence-electron chi connectivity index (χ1n) is 8.18. The van der Waals surface area contributed by atoms with Gasteiger partial charge in [0.05, 0.1) is 11.3 Å². The highest BCUT2D eigenvalue weighted by molar-refractivity contribution is 8.00. The van der Waals surface area contributed by atoms with E-state index in [1.807, 2.05) is 35.2 Å². The van der Waals surface area contributed by atoms with Gasteiger partial charge in [-0.3, -0.25) is 9.78 Å². The number of carbonyl (C=O) groups excluding carboxylic acids is 1. The molecule has 120 valence electrons. The summed E-state index contributed by atoms with van der Waals surface area (Å²) in [5, 5.41) is 1.11. The van der Waals surface area contributed by atoms with E-state index >= 15 is 0 Å². The van der Waals surface area contributed by atoms with Crippen molar-refractivity contribution in [3.8, 4) is 0 Å². The van der Waals surface area contributed by atoms with Crippen molar-refractivity contribution >= 4 is 34.3 Å². The van der Waals surface area contributed by atoms with Crippen LogP contribution in [0.25, 0.3) is 10.9 Å². The molecular weight excluding hydrogens is 316 g/mol. The van der Waals surface area contributed by atoms with Crippen LogP contribution in [0.1, 0.15) is 12.0 Å². The number of amides is 1. The third kappa shape index (κ3) is 2.89. The van der Waals surface area contributed by atoms with Gasteiger partial charge in [-0.1, -0.05) is 36.4 Å². The molecule has 0 saturated heterocycles. The smallest absolute Gasteiger partial charge is 0.237 e. The predicted molar refractivity (Wildman–Crippen MR) is 99.6 cm³/mol. The summed E-state index contributed by atoms with van der Waals surface area (Å²) >= 11 is 1.57. The van der Waals surface area contributed by atoms with Crippen LogP contribution in [0.2, 0.25) is 0 Å². The number of anilines is 1. The largest absolute Gasteiger partial charge is 0.311 e. The van der Waals surface area contributed by atoms with Crippen molar-refractivity contribution < 1.29 is 4.79 Å². The molecule has 0 spiro atoms. The Morgan fingerprint density at radius 1 is 1.08 bits per heavy atom. The van der Waals surface area contributed by atoms with E-state index < -0.39 is 0 Å². The number of hydrogen-bond donors (Lipinski definition) is 0. The van der Waals surface area contributed by atoms with E-state index in [4.69, 9.17) is 0 Å². The second-order valence-electron chi connectivity index (χ2n) is 5.90. The van der Waals surface area contributed by atoms with Crippen molar-refractivity contribution in [2.75, 3.05) is 17.2 Å². The molecule has 0 fully saturated rings. The third-order valence-electron chi connectivity index (χ3n) is 4.36. The molecule has 1 aromatic heterocycles. The number of pyridine rings is 1. The number of rotatable bonds is 3. The van der Waals surface area contributed by atoms with E-state index in [0.717, 1.165) is 40.9 Å². The van der Waals surface area contributed by atoms with Crippen LogP contribution in [-0.4, -0.2) is 23.2 Å². The number of benzene rings is 2. The molecule has 2 aromatic carbocycles. The molecule has 0 atom stereocenters. The molecule has 3 aromatic rings. The summed E-state index contributed by atoms with van der Waals surface area (Å²) in [6.45, 7) is 0.810.